The van der Waals surface area contributed by atoms with E-state index in [1.54, 1.807) is 11.3 Å². The molecular weight excluding hydrogens is 278 g/mol. The third kappa shape index (κ3) is 1.96. The fourth-order valence-electron chi connectivity index (χ4n) is 3.01. The van der Waals surface area contributed by atoms with E-state index in [1.165, 1.54) is 11.3 Å². The molecule has 2 aromatic carbocycles. The summed E-state index contributed by atoms with van der Waals surface area (Å²) in [5.74, 6) is 0. The fourth-order valence-corrected chi connectivity index (χ4v) is 3.91. The summed E-state index contributed by atoms with van der Waals surface area (Å²) in [6, 6.07) is 14.4. The van der Waals surface area contributed by atoms with Crippen molar-refractivity contribution in [2.45, 2.75) is 13.3 Å². The molecule has 2 heterocycles. The average Bonchev–Trinajstić information content (AvgIpc) is 2.92. The van der Waals surface area contributed by atoms with Crippen molar-refractivity contribution in [1.29, 1.82) is 0 Å². The molecule has 0 radical (unpaired) electrons. The molecule has 0 spiro atoms. The van der Waals surface area contributed by atoms with Crippen molar-refractivity contribution in [2.75, 3.05) is 11.4 Å². The van der Waals surface area contributed by atoms with Gasteiger partial charge in [-0.05, 0) is 37.1 Å². The number of aryl methyl sites for hydroxylation is 1. The second-order valence-corrected chi connectivity index (χ2v) is 6.39. The molecule has 2 nitrogen and oxygen atoms in total. The van der Waals surface area contributed by atoms with Gasteiger partial charge >= 0.3 is 0 Å². The zero-order valence-corrected chi connectivity index (χ0v) is 12.6. The van der Waals surface area contributed by atoms with Gasteiger partial charge in [0.2, 0.25) is 5.43 Å². The molecule has 0 N–H and O–H groups in total. The third-order valence-corrected chi connectivity index (χ3v) is 5.04. The van der Waals surface area contributed by atoms with Crippen LogP contribution in [0.25, 0.3) is 10.1 Å². The molecule has 0 fully saturated rings. The first-order chi connectivity index (χ1) is 10.2. The molecule has 0 saturated carbocycles. The van der Waals surface area contributed by atoms with E-state index in [9.17, 15) is 4.79 Å². The predicted molar refractivity (Wildman–Crippen MR) is 90.0 cm³/mol. The largest absolute Gasteiger partial charge is 0.337 e. The Hall–Kier alpha value is -2.13. The Bertz CT molecular complexity index is 897. The molecular formula is C18H15NOS. The monoisotopic (exact) mass is 293 g/mol. The number of benzene rings is 2. The van der Waals surface area contributed by atoms with Crippen LogP contribution >= 0.6 is 11.3 Å². The zero-order valence-electron chi connectivity index (χ0n) is 11.8. The summed E-state index contributed by atoms with van der Waals surface area (Å²) < 4.78 is 1.06. The summed E-state index contributed by atoms with van der Waals surface area (Å²) >= 11 is 1.65. The predicted octanol–water partition coefficient (Wildman–Crippen LogP) is 4.26. The van der Waals surface area contributed by atoms with E-state index in [4.69, 9.17) is 0 Å². The van der Waals surface area contributed by atoms with Gasteiger partial charge in [0, 0.05) is 27.7 Å². The van der Waals surface area contributed by atoms with Gasteiger partial charge in [-0.15, -0.1) is 11.3 Å². The molecule has 0 amide bonds. The summed E-state index contributed by atoms with van der Waals surface area (Å²) in [5.41, 5.74) is 4.58. The van der Waals surface area contributed by atoms with Crippen molar-refractivity contribution < 1.29 is 0 Å². The smallest absolute Gasteiger partial charge is 0.211 e. The Morgan fingerprint density at radius 3 is 2.86 bits per heavy atom. The van der Waals surface area contributed by atoms with Crippen molar-refractivity contribution in [3.05, 3.63) is 69.2 Å². The maximum absolute atomic E-state index is 12.8. The van der Waals surface area contributed by atoms with E-state index < -0.39 is 0 Å². The number of hydrogen-bond acceptors (Lipinski definition) is 3. The van der Waals surface area contributed by atoms with E-state index in [1.807, 2.05) is 30.5 Å². The highest BCUT2D eigenvalue weighted by Crippen LogP contribution is 2.34. The zero-order chi connectivity index (χ0) is 14.4. The first-order valence-corrected chi connectivity index (χ1v) is 7.99. The van der Waals surface area contributed by atoms with Crippen LogP contribution in [0.5, 0.6) is 0 Å². The maximum Gasteiger partial charge on any atom is 0.211 e. The lowest BCUT2D eigenvalue weighted by molar-refractivity contribution is 0.997. The average molecular weight is 293 g/mol. The highest BCUT2D eigenvalue weighted by molar-refractivity contribution is 7.16. The Morgan fingerprint density at radius 1 is 1.10 bits per heavy atom. The van der Waals surface area contributed by atoms with Crippen LogP contribution in [-0.4, -0.2) is 6.54 Å². The molecule has 21 heavy (non-hydrogen) atoms. The van der Waals surface area contributed by atoms with Gasteiger partial charge < -0.3 is 4.90 Å². The van der Waals surface area contributed by atoms with Crippen LogP contribution in [0.1, 0.15) is 11.1 Å². The fraction of sp³-hybridized carbons (Fsp3) is 0.167. The highest BCUT2D eigenvalue weighted by Gasteiger charge is 2.22. The number of anilines is 2. The van der Waals surface area contributed by atoms with E-state index >= 15 is 0 Å². The molecule has 3 heteroatoms. The van der Waals surface area contributed by atoms with E-state index in [0.717, 1.165) is 34.3 Å². The normalized spacial score (nSPS) is 13.7. The molecule has 0 unspecified atom stereocenters. The number of hydrogen-bond donors (Lipinski definition) is 0. The lowest BCUT2D eigenvalue weighted by Gasteiger charge is -2.18. The topological polar surface area (TPSA) is 20.3 Å². The lowest BCUT2D eigenvalue weighted by Crippen LogP contribution is -2.20. The van der Waals surface area contributed by atoms with Gasteiger partial charge in [-0.1, -0.05) is 29.8 Å². The molecule has 0 aliphatic carbocycles. The molecule has 3 aromatic rings. The van der Waals surface area contributed by atoms with Crippen molar-refractivity contribution in [2.24, 2.45) is 0 Å². The Labute approximate surface area is 127 Å². The van der Waals surface area contributed by atoms with Crippen LogP contribution in [0.4, 0.5) is 11.4 Å². The van der Waals surface area contributed by atoms with Gasteiger partial charge in [-0.2, -0.15) is 0 Å². The van der Waals surface area contributed by atoms with Crippen molar-refractivity contribution in [3.8, 4) is 0 Å². The van der Waals surface area contributed by atoms with Gasteiger partial charge in [-0.3, -0.25) is 4.79 Å². The minimum absolute atomic E-state index is 0.143. The summed E-state index contributed by atoms with van der Waals surface area (Å²) in [4.78, 5) is 15.0. The van der Waals surface area contributed by atoms with E-state index in [2.05, 4.69) is 29.2 Å². The van der Waals surface area contributed by atoms with Gasteiger partial charge in [0.1, 0.15) is 0 Å². The molecule has 1 aromatic heterocycles. The minimum atomic E-state index is 0.143. The van der Waals surface area contributed by atoms with Crippen LogP contribution < -0.4 is 10.3 Å². The van der Waals surface area contributed by atoms with Crippen LogP contribution in [-0.2, 0) is 6.42 Å². The number of fused-ring (bicyclic) bond motifs is 2. The van der Waals surface area contributed by atoms with Gasteiger partial charge in [0.15, 0.2) is 0 Å². The lowest BCUT2D eigenvalue weighted by atomic mass is 10.1. The van der Waals surface area contributed by atoms with Gasteiger partial charge in [0.05, 0.1) is 5.69 Å². The number of rotatable bonds is 1. The van der Waals surface area contributed by atoms with Crippen LogP contribution in [0.3, 0.4) is 0 Å². The quantitative estimate of drug-likeness (QED) is 0.668. The van der Waals surface area contributed by atoms with Gasteiger partial charge in [0.25, 0.3) is 0 Å². The molecule has 1 aliphatic rings. The first kappa shape index (κ1) is 12.6. The molecule has 4 rings (SSSR count). The minimum Gasteiger partial charge on any atom is -0.337 e. The van der Waals surface area contributed by atoms with E-state index in [0.29, 0.717) is 0 Å². The molecule has 0 saturated heterocycles. The first-order valence-electron chi connectivity index (χ1n) is 7.12. The number of nitrogens with zero attached hydrogens (tertiary/aromatic N) is 1. The van der Waals surface area contributed by atoms with Crippen LogP contribution in [0, 0.1) is 6.92 Å². The van der Waals surface area contributed by atoms with Crippen molar-refractivity contribution in [1.82, 2.24) is 0 Å². The Morgan fingerprint density at radius 2 is 1.95 bits per heavy atom. The van der Waals surface area contributed by atoms with Crippen molar-refractivity contribution in [3.63, 3.8) is 0 Å². The van der Waals surface area contributed by atoms with Crippen LogP contribution in [0.2, 0.25) is 0 Å². The molecule has 0 atom stereocenters. The maximum atomic E-state index is 12.8. The van der Waals surface area contributed by atoms with Crippen molar-refractivity contribution >= 4 is 32.8 Å². The Balaban J connectivity index is 1.93. The molecule has 104 valence electrons. The molecule has 0 bridgehead atoms. The Kier molecular flexibility index (Phi) is 2.82. The third-order valence-electron chi connectivity index (χ3n) is 4.09. The number of para-hydroxylation sites is 1. The molecule has 1 aliphatic heterocycles. The standard InChI is InChI=1S/C18H15NOS/c1-12-6-7-17-14(10-12)18(20)16(11-21-17)19-9-8-13-4-2-3-5-15(13)19/h2-7,10-11H,8-9H2,1H3. The SMILES string of the molecule is Cc1ccc2scc(N3CCc4ccccc43)c(=O)c2c1. The second kappa shape index (κ2) is 4.71. The van der Waals surface area contributed by atoms with Crippen LogP contribution in [0.15, 0.2) is 52.6 Å². The van der Waals surface area contributed by atoms with Gasteiger partial charge in [-0.25, -0.2) is 0 Å². The summed E-state index contributed by atoms with van der Waals surface area (Å²) in [5, 5.41) is 2.84. The second-order valence-electron chi connectivity index (χ2n) is 5.48. The van der Waals surface area contributed by atoms with E-state index in [-0.39, 0.29) is 5.43 Å². The highest BCUT2D eigenvalue weighted by atomic mass is 32.1. The summed E-state index contributed by atoms with van der Waals surface area (Å²) in [6.45, 7) is 2.92. The summed E-state index contributed by atoms with van der Waals surface area (Å²) in [6.07, 6.45) is 1.01. The summed E-state index contributed by atoms with van der Waals surface area (Å²) in [7, 11) is 0.